The highest BCUT2D eigenvalue weighted by molar-refractivity contribution is 5.93. The number of benzene rings is 2. The van der Waals surface area contributed by atoms with Crippen molar-refractivity contribution in [2.45, 2.75) is 19.5 Å². The van der Waals surface area contributed by atoms with E-state index >= 15 is 0 Å². The molecule has 0 atom stereocenters. The van der Waals surface area contributed by atoms with Gasteiger partial charge in [-0.3, -0.25) is 14.9 Å². The van der Waals surface area contributed by atoms with Gasteiger partial charge >= 0.3 is 0 Å². The van der Waals surface area contributed by atoms with Gasteiger partial charge in [0.1, 0.15) is 0 Å². The number of nitrogens with one attached hydrogen (secondary N) is 1. The number of para-hydroxylation sites is 1. The number of nitrogens with zero attached hydrogens (tertiary/aromatic N) is 2. The molecule has 0 aliphatic carbocycles. The predicted octanol–water partition coefficient (Wildman–Crippen LogP) is 2.80. The molecule has 2 N–H and O–H groups in total. The number of amides is 1. The summed E-state index contributed by atoms with van der Waals surface area (Å²) in [5, 5.41) is 10.0. The first kappa shape index (κ1) is 15.9. The maximum atomic E-state index is 11.5. The van der Waals surface area contributed by atoms with E-state index < -0.39 is 5.91 Å². The van der Waals surface area contributed by atoms with Gasteiger partial charge in [-0.15, -0.1) is 0 Å². The number of fused-ring (bicyclic) bond motifs is 3. The van der Waals surface area contributed by atoms with Crippen LogP contribution >= 0.6 is 0 Å². The highest BCUT2D eigenvalue weighted by Crippen LogP contribution is 2.31. The molecule has 0 radical (unpaired) electrons. The van der Waals surface area contributed by atoms with Crippen molar-refractivity contribution in [3.8, 4) is 0 Å². The van der Waals surface area contributed by atoms with Crippen molar-refractivity contribution in [3.63, 3.8) is 0 Å². The Labute approximate surface area is 146 Å². The second kappa shape index (κ2) is 6.35. The topological polar surface area (TPSA) is 57.5 Å². The fraction of sp³-hybridized carbons (Fsp3) is 0.250. The third kappa shape index (κ3) is 2.81. The fourth-order valence-corrected chi connectivity index (χ4v) is 3.71. The zero-order valence-electron chi connectivity index (χ0n) is 14.2. The molecule has 0 saturated carbocycles. The van der Waals surface area contributed by atoms with E-state index in [4.69, 9.17) is 5.21 Å². The molecule has 1 aliphatic rings. The normalized spacial score (nSPS) is 14.5. The minimum Gasteiger partial charge on any atom is -0.342 e. The lowest BCUT2D eigenvalue weighted by atomic mass is 10.00. The van der Waals surface area contributed by atoms with Crippen LogP contribution in [0.25, 0.3) is 10.9 Å². The number of carbonyl (C=O) groups excluding carboxylic acids is 1. The molecule has 3 aromatic rings. The second-order valence-electron chi connectivity index (χ2n) is 6.65. The van der Waals surface area contributed by atoms with Crippen LogP contribution in [0.2, 0.25) is 0 Å². The van der Waals surface area contributed by atoms with Gasteiger partial charge < -0.3 is 4.57 Å². The van der Waals surface area contributed by atoms with Gasteiger partial charge in [0.15, 0.2) is 0 Å². The highest BCUT2D eigenvalue weighted by Gasteiger charge is 2.21. The SMILES string of the molecule is CN1CCn2c(c(Cc3ccc(C(=O)NO)cc3)c3ccccc32)C1. The molecule has 25 heavy (non-hydrogen) atoms. The number of hydrogen-bond acceptors (Lipinski definition) is 3. The smallest absolute Gasteiger partial charge is 0.274 e. The minimum atomic E-state index is -0.486. The van der Waals surface area contributed by atoms with Crippen molar-refractivity contribution in [2.75, 3.05) is 13.6 Å². The molecule has 4 rings (SSSR count). The van der Waals surface area contributed by atoms with Gasteiger partial charge in [0, 0.05) is 41.8 Å². The molecule has 0 spiro atoms. The minimum absolute atomic E-state index is 0.453. The number of hydroxylamine groups is 1. The fourth-order valence-electron chi connectivity index (χ4n) is 3.71. The zero-order chi connectivity index (χ0) is 17.4. The molecule has 0 fully saturated rings. The Bertz CT molecular complexity index is 928. The van der Waals surface area contributed by atoms with E-state index in [2.05, 4.69) is 40.8 Å². The van der Waals surface area contributed by atoms with Gasteiger partial charge in [-0.25, -0.2) is 5.48 Å². The van der Waals surface area contributed by atoms with Crippen LogP contribution < -0.4 is 5.48 Å². The number of aromatic nitrogens is 1. The Kier molecular flexibility index (Phi) is 4.03. The number of rotatable bonds is 3. The summed E-state index contributed by atoms with van der Waals surface area (Å²) in [4.78, 5) is 13.8. The summed E-state index contributed by atoms with van der Waals surface area (Å²) in [5.41, 5.74) is 7.32. The standard InChI is InChI=1S/C20H21N3O2/c1-22-10-11-23-18-5-3-2-4-16(18)17(19(23)13-22)12-14-6-8-15(9-7-14)20(24)21-25/h2-9,25H,10-13H2,1H3,(H,21,24). The van der Waals surface area contributed by atoms with Crippen molar-refractivity contribution in [1.29, 1.82) is 0 Å². The molecule has 0 bridgehead atoms. The third-order valence-electron chi connectivity index (χ3n) is 5.02. The van der Waals surface area contributed by atoms with Gasteiger partial charge in [0.25, 0.3) is 5.91 Å². The summed E-state index contributed by atoms with van der Waals surface area (Å²) in [6, 6.07) is 16.0. The van der Waals surface area contributed by atoms with Crippen LogP contribution in [0.3, 0.4) is 0 Å². The van der Waals surface area contributed by atoms with E-state index in [0.29, 0.717) is 5.56 Å². The average Bonchev–Trinajstić information content (AvgIpc) is 2.95. The van der Waals surface area contributed by atoms with Gasteiger partial charge in [0.2, 0.25) is 0 Å². The molecule has 0 unspecified atom stereocenters. The van der Waals surface area contributed by atoms with E-state index in [9.17, 15) is 4.79 Å². The van der Waals surface area contributed by atoms with Crippen LogP contribution in [-0.4, -0.2) is 34.2 Å². The van der Waals surface area contributed by atoms with Crippen molar-refractivity contribution in [2.24, 2.45) is 0 Å². The van der Waals surface area contributed by atoms with Crippen LogP contribution in [0.15, 0.2) is 48.5 Å². The Balaban J connectivity index is 1.74. The predicted molar refractivity (Wildman–Crippen MR) is 96.8 cm³/mol. The molecule has 2 heterocycles. The van der Waals surface area contributed by atoms with Crippen molar-refractivity contribution >= 4 is 16.8 Å². The maximum Gasteiger partial charge on any atom is 0.274 e. The van der Waals surface area contributed by atoms with E-state index in [1.54, 1.807) is 17.6 Å². The summed E-state index contributed by atoms with van der Waals surface area (Å²) < 4.78 is 2.44. The average molecular weight is 335 g/mol. The third-order valence-corrected chi connectivity index (χ3v) is 5.02. The van der Waals surface area contributed by atoms with Crippen LogP contribution in [0.4, 0.5) is 0 Å². The zero-order valence-corrected chi connectivity index (χ0v) is 14.2. The lowest BCUT2D eigenvalue weighted by Crippen LogP contribution is -2.30. The Morgan fingerprint density at radius 2 is 1.88 bits per heavy atom. The van der Waals surface area contributed by atoms with Crippen LogP contribution in [0, 0.1) is 0 Å². The summed E-state index contributed by atoms with van der Waals surface area (Å²) >= 11 is 0. The van der Waals surface area contributed by atoms with E-state index in [1.807, 2.05) is 12.1 Å². The van der Waals surface area contributed by atoms with E-state index in [0.717, 1.165) is 31.6 Å². The molecule has 2 aromatic carbocycles. The van der Waals surface area contributed by atoms with Crippen LogP contribution in [0.5, 0.6) is 0 Å². The molecule has 1 aromatic heterocycles. The molecule has 1 aliphatic heterocycles. The Hall–Kier alpha value is -2.63. The monoisotopic (exact) mass is 335 g/mol. The number of hydrogen-bond donors (Lipinski definition) is 2. The Morgan fingerprint density at radius 1 is 1.12 bits per heavy atom. The molecule has 5 heteroatoms. The van der Waals surface area contributed by atoms with Crippen molar-refractivity contribution < 1.29 is 10.0 Å². The molecular formula is C20H21N3O2. The van der Waals surface area contributed by atoms with Gasteiger partial charge in [-0.05, 0) is 42.8 Å². The van der Waals surface area contributed by atoms with Gasteiger partial charge in [-0.2, -0.15) is 0 Å². The summed E-state index contributed by atoms with van der Waals surface area (Å²) in [5.74, 6) is -0.486. The second-order valence-corrected chi connectivity index (χ2v) is 6.65. The van der Waals surface area contributed by atoms with Gasteiger partial charge in [-0.1, -0.05) is 30.3 Å². The number of likely N-dealkylation sites (N-methyl/N-ethyl adjacent to an activating group) is 1. The van der Waals surface area contributed by atoms with Crippen LogP contribution in [-0.2, 0) is 19.5 Å². The van der Waals surface area contributed by atoms with Crippen molar-refractivity contribution in [3.05, 3.63) is 70.9 Å². The summed E-state index contributed by atoms with van der Waals surface area (Å²) in [6.07, 6.45) is 0.831. The summed E-state index contributed by atoms with van der Waals surface area (Å²) in [7, 11) is 2.16. The summed E-state index contributed by atoms with van der Waals surface area (Å²) in [6.45, 7) is 3.03. The first-order chi connectivity index (χ1) is 12.2. The quantitative estimate of drug-likeness (QED) is 0.572. The lowest BCUT2D eigenvalue weighted by molar-refractivity contribution is 0.0706. The van der Waals surface area contributed by atoms with Gasteiger partial charge in [0.05, 0.1) is 0 Å². The molecule has 0 saturated heterocycles. The largest absolute Gasteiger partial charge is 0.342 e. The molecular weight excluding hydrogens is 314 g/mol. The maximum absolute atomic E-state index is 11.5. The molecule has 1 amide bonds. The van der Waals surface area contributed by atoms with E-state index in [1.165, 1.54) is 22.2 Å². The van der Waals surface area contributed by atoms with E-state index in [-0.39, 0.29) is 0 Å². The Morgan fingerprint density at radius 3 is 2.64 bits per heavy atom. The molecule has 128 valence electrons. The van der Waals surface area contributed by atoms with Crippen molar-refractivity contribution in [1.82, 2.24) is 14.9 Å². The lowest BCUT2D eigenvalue weighted by Gasteiger charge is -2.26. The number of carbonyl (C=O) groups is 1. The molecule has 5 nitrogen and oxygen atoms in total. The highest BCUT2D eigenvalue weighted by atomic mass is 16.5. The van der Waals surface area contributed by atoms with Crippen LogP contribution in [0.1, 0.15) is 27.2 Å². The first-order valence-corrected chi connectivity index (χ1v) is 8.48. The first-order valence-electron chi connectivity index (χ1n) is 8.48.